The Balaban J connectivity index is 1.66. The molecule has 2 aromatic carbocycles. The van der Waals surface area contributed by atoms with E-state index < -0.39 is 11.7 Å². The Bertz CT molecular complexity index is 1170. The zero-order valence-electron chi connectivity index (χ0n) is 15.0. The maximum absolute atomic E-state index is 13.2. The lowest BCUT2D eigenvalue weighted by atomic mass is 10.1. The van der Waals surface area contributed by atoms with E-state index in [4.69, 9.17) is 0 Å². The van der Waals surface area contributed by atoms with Crippen LogP contribution in [0.1, 0.15) is 16.1 Å². The molecule has 0 fully saturated rings. The van der Waals surface area contributed by atoms with E-state index in [0.717, 1.165) is 27.4 Å². The summed E-state index contributed by atoms with van der Waals surface area (Å²) in [5, 5.41) is 9.90. The summed E-state index contributed by atoms with van der Waals surface area (Å²) < 4.78 is 52.8. The van der Waals surface area contributed by atoms with Crippen LogP contribution in [0.25, 0.3) is 21.5 Å². The van der Waals surface area contributed by atoms with Crippen molar-refractivity contribution in [3.8, 4) is 11.3 Å². The zero-order valence-corrected chi connectivity index (χ0v) is 16.6. The number of thioether (sulfide) groups is 1. The molecule has 0 aliphatic heterocycles. The number of hydrogen-bond acceptors (Lipinski definition) is 5. The molecule has 0 saturated heterocycles. The van der Waals surface area contributed by atoms with Gasteiger partial charge in [-0.3, -0.25) is 0 Å². The van der Waals surface area contributed by atoms with Gasteiger partial charge < -0.3 is 0 Å². The Labute approximate surface area is 171 Å². The van der Waals surface area contributed by atoms with Gasteiger partial charge in [0.15, 0.2) is 0 Å². The van der Waals surface area contributed by atoms with Crippen LogP contribution in [0, 0.1) is 12.7 Å². The van der Waals surface area contributed by atoms with Gasteiger partial charge in [0.2, 0.25) is 0 Å². The number of rotatable bonds is 4. The summed E-state index contributed by atoms with van der Waals surface area (Å²) in [6.07, 6.45) is -4.38. The molecule has 0 atom stereocenters. The van der Waals surface area contributed by atoms with Gasteiger partial charge in [-0.1, -0.05) is 30.0 Å². The molecule has 2 aromatic heterocycles. The van der Waals surface area contributed by atoms with Crippen LogP contribution >= 0.6 is 23.1 Å². The highest BCUT2D eigenvalue weighted by molar-refractivity contribution is 7.98. The number of halogens is 4. The number of alkyl halides is 3. The van der Waals surface area contributed by atoms with Crippen LogP contribution in [0.5, 0.6) is 0 Å². The highest BCUT2D eigenvalue weighted by atomic mass is 32.2. The largest absolute Gasteiger partial charge is 0.416 e. The Morgan fingerprint density at radius 2 is 1.79 bits per heavy atom. The van der Waals surface area contributed by atoms with Gasteiger partial charge in [-0.25, -0.2) is 9.37 Å². The third-order valence-corrected chi connectivity index (χ3v) is 6.14. The Kier molecular flexibility index (Phi) is 5.26. The van der Waals surface area contributed by atoms with E-state index in [9.17, 15) is 17.6 Å². The third kappa shape index (κ3) is 4.25. The van der Waals surface area contributed by atoms with E-state index in [2.05, 4.69) is 15.2 Å². The first kappa shape index (κ1) is 19.8. The lowest BCUT2D eigenvalue weighted by molar-refractivity contribution is -0.137. The molecule has 3 nitrogen and oxygen atoms in total. The maximum Gasteiger partial charge on any atom is 0.416 e. The summed E-state index contributed by atoms with van der Waals surface area (Å²) in [5.41, 5.74) is 1.84. The summed E-state index contributed by atoms with van der Waals surface area (Å²) in [6, 6.07) is 11.2. The number of thiazole rings is 1. The van der Waals surface area contributed by atoms with E-state index in [1.165, 1.54) is 41.3 Å². The summed E-state index contributed by atoms with van der Waals surface area (Å²) in [5.74, 6) is -0.0353. The van der Waals surface area contributed by atoms with Gasteiger partial charge in [0.05, 0.1) is 15.3 Å². The number of hydrogen-bond donors (Lipinski definition) is 0. The lowest BCUT2D eigenvalue weighted by Gasteiger charge is -2.09. The quantitative estimate of drug-likeness (QED) is 0.270. The van der Waals surface area contributed by atoms with Gasteiger partial charge in [-0.05, 0) is 42.8 Å². The molecule has 0 amide bonds. The van der Waals surface area contributed by atoms with E-state index in [1.807, 2.05) is 6.92 Å². The monoisotopic (exact) mass is 435 g/mol. The molecule has 0 aliphatic rings. The number of nitrogens with zero attached hydrogens (tertiary/aromatic N) is 3. The second-order valence-electron chi connectivity index (χ2n) is 6.26. The second kappa shape index (κ2) is 7.72. The van der Waals surface area contributed by atoms with E-state index in [0.29, 0.717) is 27.6 Å². The van der Waals surface area contributed by atoms with Crippen molar-refractivity contribution < 1.29 is 17.6 Å². The van der Waals surface area contributed by atoms with Crippen molar-refractivity contribution in [2.24, 2.45) is 0 Å². The Hall–Kier alpha value is -2.52. The molecule has 0 aliphatic carbocycles. The topological polar surface area (TPSA) is 38.7 Å². The first-order valence-electron chi connectivity index (χ1n) is 8.50. The fourth-order valence-electron chi connectivity index (χ4n) is 2.80. The number of aromatic nitrogens is 3. The van der Waals surface area contributed by atoms with Crippen molar-refractivity contribution in [2.75, 3.05) is 0 Å². The minimum absolute atomic E-state index is 0.306. The smallest absolute Gasteiger partial charge is 0.238 e. The molecule has 0 N–H and O–H groups in total. The second-order valence-corrected chi connectivity index (χ2v) is 8.43. The molecule has 4 aromatic rings. The van der Waals surface area contributed by atoms with E-state index in [1.54, 1.807) is 18.2 Å². The van der Waals surface area contributed by atoms with Crippen LogP contribution in [0.2, 0.25) is 0 Å². The van der Waals surface area contributed by atoms with Crippen molar-refractivity contribution >= 4 is 33.3 Å². The molecule has 0 unspecified atom stereocenters. The van der Waals surface area contributed by atoms with Crippen molar-refractivity contribution in [2.45, 2.75) is 23.9 Å². The predicted molar refractivity (Wildman–Crippen MR) is 106 cm³/mol. The molecule has 4 rings (SSSR count). The zero-order chi connectivity index (χ0) is 20.6. The first-order valence-corrected chi connectivity index (χ1v) is 10.3. The molecule has 29 heavy (non-hydrogen) atoms. The fraction of sp³-hybridized carbons (Fsp3) is 0.150. The van der Waals surface area contributed by atoms with Gasteiger partial charge in [-0.15, -0.1) is 21.5 Å². The molecule has 2 heterocycles. The van der Waals surface area contributed by atoms with Gasteiger partial charge >= 0.3 is 6.18 Å². The van der Waals surface area contributed by atoms with Gasteiger partial charge in [-0.2, -0.15) is 13.2 Å². The first-order chi connectivity index (χ1) is 13.8. The summed E-state index contributed by atoms with van der Waals surface area (Å²) in [6.45, 7) is 1.86. The van der Waals surface area contributed by atoms with E-state index in [-0.39, 0.29) is 5.82 Å². The highest BCUT2D eigenvalue weighted by Crippen LogP contribution is 2.37. The molecule has 0 saturated carbocycles. The summed E-state index contributed by atoms with van der Waals surface area (Å²) in [4.78, 5) is 4.53. The van der Waals surface area contributed by atoms with Crippen LogP contribution in [-0.4, -0.2) is 15.2 Å². The van der Waals surface area contributed by atoms with E-state index >= 15 is 0 Å². The lowest BCUT2D eigenvalue weighted by Crippen LogP contribution is -2.05. The minimum atomic E-state index is -4.38. The SMILES string of the molecule is Cc1nc2c(SCc3cccc(C(F)(F)F)c3)nnc(-c3ccc(F)cc3)c2s1. The van der Waals surface area contributed by atoms with Crippen LogP contribution in [0.15, 0.2) is 53.6 Å². The minimum Gasteiger partial charge on any atom is -0.238 e. The van der Waals surface area contributed by atoms with Crippen molar-refractivity contribution in [3.63, 3.8) is 0 Å². The highest BCUT2D eigenvalue weighted by Gasteiger charge is 2.30. The van der Waals surface area contributed by atoms with Crippen molar-refractivity contribution in [1.29, 1.82) is 0 Å². The predicted octanol–water partition coefficient (Wildman–Crippen LogP) is 6.51. The molecule has 0 bridgehead atoms. The Morgan fingerprint density at radius 1 is 1.03 bits per heavy atom. The summed E-state index contributed by atoms with van der Waals surface area (Å²) >= 11 is 2.74. The fourth-order valence-corrected chi connectivity index (χ4v) is 4.66. The van der Waals surface area contributed by atoms with Crippen LogP contribution in [0.4, 0.5) is 17.6 Å². The number of aryl methyl sites for hydroxylation is 1. The van der Waals surface area contributed by atoms with Gasteiger partial charge in [0.25, 0.3) is 0 Å². The maximum atomic E-state index is 13.2. The molecule has 0 radical (unpaired) electrons. The average Bonchev–Trinajstić information content (AvgIpc) is 3.08. The Morgan fingerprint density at radius 3 is 2.52 bits per heavy atom. The molecule has 148 valence electrons. The van der Waals surface area contributed by atoms with Crippen molar-refractivity contribution in [3.05, 3.63) is 70.5 Å². The van der Waals surface area contributed by atoms with Crippen molar-refractivity contribution in [1.82, 2.24) is 15.2 Å². The van der Waals surface area contributed by atoms with Crippen LogP contribution < -0.4 is 0 Å². The molecular weight excluding hydrogens is 422 g/mol. The molecule has 9 heteroatoms. The van der Waals surface area contributed by atoms with Gasteiger partial charge in [0.1, 0.15) is 22.1 Å². The number of benzene rings is 2. The molecular formula is C20H13F4N3S2. The van der Waals surface area contributed by atoms with Crippen LogP contribution in [0.3, 0.4) is 0 Å². The van der Waals surface area contributed by atoms with Crippen LogP contribution in [-0.2, 0) is 11.9 Å². The number of fused-ring (bicyclic) bond motifs is 1. The summed E-state index contributed by atoms with van der Waals surface area (Å²) in [7, 11) is 0. The molecule has 0 spiro atoms. The average molecular weight is 435 g/mol. The van der Waals surface area contributed by atoms with Gasteiger partial charge in [0, 0.05) is 11.3 Å². The third-order valence-electron chi connectivity index (χ3n) is 4.14. The normalized spacial score (nSPS) is 11.9. The standard InChI is InChI=1S/C20H13F4N3S2/c1-11-25-17-18(29-11)16(13-5-7-15(21)8-6-13)26-27-19(17)28-10-12-3-2-4-14(9-12)20(22,23)24/h2-9H,10H2,1H3.